The first-order valence-corrected chi connectivity index (χ1v) is 7.23. The van der Waals surface area contributed by atoms with Crippen molar-refractivity contribution in [3.05, 3.63) is 48.6 Å². The van der Waals surface area contributed by atoms with Crippen molar-refractivity contribution in [3.63, 3.8) is 0 Å². The van der Waals surface area contributed by atoms with Gasteiger partial charge in [-0.1, -0.05) is 42.3 Å². The highest BCUT2D eigenvalue weighted by Crippen LogP contribution is 2.24. The molecule has 1 aromatic rings. The molecule has 0 spiro atoms. The van der Waals surface area contributed by atoms with Gasteiger partial charge in [-0.15, -0.1) is 13.0 Å². The van der Waals surface area contributed by atoms with Crippen molar-refractivity contribution in [2.75, 3.05) is 0 Å². The molecule has 1 aromatic carbocycles. The smallest absolute Gasteiger partial charge is 0.411 e. The maximum atomic E-state index is 12.4. The van der Waals surface area contributed by atoms with Gasteiger partial charge in [0, 0.05) is 18.9 Å². The minimum Gasteiger partial charge on any atom is -0.445 e. The van der Waals surface area contributed by atoms with E-state index < -0.39 is 12.1 Å². The molecule has 1 amide bonds. The van der Waals surface area contributed by atoms with Crippen LogP contribution in [0.5, 0.6) is 0 Å². The Morgan fingerprint density at radius 3 is 2.77 bits per heavy atom. The number of hydrogen-bond acceptors (Lipinski definition) is 3. The van der Waals surface area contributed by atoms with E-state index in [-0.39, 0.29) is 24.9 Å². The third-order valence-electron chi connectivity index (χ3n) is 3.66. The van der Waals surface area contributed by atoms with Crippen LogP contribution in [0.3, 0.4) is 0 Å². The van der Waals surface area contributed by atoms with Gasteiger partial charge in [0.2, 0.25) is 0 Å². The molecule has 0 bridgehead atoms. The lowest BCUT2D eigenvalue weighted by Gasteiger charge is -2.37. The Morgan fingerprint density at radius 1 is 1.41 bits per heavy atom. The van der Waals surface area contributed by atoms with Gasteiger partial charge in [-0.25, -0.2) is 4.79 Å². The van der Waals surface area contributed by atoms with Crippen LogP contribution < -0.4 is 0 Å². The van der Waals surface area contributed by atoms with Gasteiger partial charge in [-0.05, 0) is 12.0 Å². The third-order valence-corrected chi connectivity index (χ3v) is 3.66. The molecule has 0 N–H and O–H groups in total. The van der Waals surface area contributed by atoms with Crippen molar-refractivity contribution in [2.45, 2.75) is 38.0 Å². The first-order valence-electron chi connectivity index (χ1n) is 7.23. The van der Waals surface area contributed by atoms with Gasteiger partial charge in [0.25, 0.3) is 0 Å². The zero-order valence-electron chi connectivity index (χ0n) is 12.4. The summed E-state index contributed by atoms with van der Waals surface area (Å²) in [5, 5.41) is 0. The summed E-state index contributed by atoms with van der Waals surface area (Å²) < 4.78 is 5.36. The number of hydrogen-bond donors (Lipinski definition) is 0. The average molecular weight is 297 g/mol. The number of carbonyl (C=O) groups excluding carboxylic acids is 2. The van der Waals surface area contributed by atoms with Gasteiger partial charge in [0.1, 0.15) is 18.4 Å². The second kappa shape index (κ2) is 7.46. The monoisotopic (exact) mass is 297 g/mol. The molecule has 1 aliphatic rings. The molecule has 0 unspecified atom stereocenters. The van der Waals surface area contributed by atoms with E-state index in [1.165, 1.54) is 4.90 Å². The molecule has 2 atom stereocenters. The molecule has 1 aliphatic heterocycles. The number of Topliss-reactive ketones (excluding diaryl/α,β-unsaturated/α-hetero) is 1. The van der Waals surface area contributed by atoms with Gasteiger partial charge in [-0.3, -0.25) is 9.69 Å². The fraction of sp³-hybridized carbons (Fsp3) is 0.333. The van der Waals surface area contributed by atoms with Crippen molar-refractivity contribution in [3.8, 4) is 12.3 Å². The molecule has 1 saturated heterocycles. The number of rotatable bonds is 4. The molecular formula is C18H19NO3. The van der Waals surface area contributed by atoms with Crippen LogP contribution >= 0.6 is 0 Å². The molecule has 2 rings (SSSR count). The summed E-state index contributed by atoms with van der Waals surface area (Å²) in [5.74, 6) is 2.59. The summed E-state index contributed by atoms with van der Waals surface area (Å²) >= 11 is 0. The molecule has 1 heterocycles. The molecule has 0 aromatic heterocycles. The molecule has 4 heteroatoms. The number of piperidine rings is 1. The Morgan fingerprint density at radius 2 is 2.14 bits per heavy atom. The second-order valence-corrected chi connectivity index (χ2v) is 5.26. The molecular weight excluding hydrogens is 278 g/mol. The van der Waals surface area contributed by atoms with Gasteiger partial charge in [0.15, 0.2) is 0 Å². The molecule has 0 radical (unpaired) electrons. The minimum absolute atomic E-state index is 0.0712. The Balaban J connectivity index is 2.07. The molecule has 0 aliphatic carbocycles. The van der Waals surface area contributed by atoms with Crippen molar-refractivity contribution in [1.82, 2.24) is 4.90 Å². The highest BCUT2D eigenvalue weighted by atomic mass is 16.6. The SMILES string of the molecule is C#C[C@H]1CC(=O)C[C@@H](CC=C)N1C(=O)OCc1ccccc1. The van der Waals surface area contributed by atoms with Gasteiger partial charge >= 0.3 is 6.09 Å². The summed E-state index contributed by atoms with van der Waals surface area (Å²) in [7, 11) is 0. The number of nitrogens with zero attached hydrogens (tertiary/aromatic N) is 1. The van der Waals surface area contributed by atoms with Crippen LogP contribution in [0.4, 0.5) is 4.79 Å². The fourth-order valence-corrected chi connectivity index (χ4v) is 2.61. The highest BCUT2D eigenvalue weighted by molar-refractivity contribution is 5.83. The molecule has 1 fully saturated rings. The zero-order chi connectivity index (χ0) is 15.9. The molecule has 22 heavy (non-hydrogen) atoms. The van der Waals surface area contributed by atoms with E-state index in [0.29, 0.717) is 12.8 Å². The second-order valence-electron chi connectivity index (χ2n) is 5.26. The van der Waals surface area contributed by atoms with Crippen LogP contribution in [-0.4, -0.2) is 28.9 Å². The van der Waals surface area contributed by atoms with E-state index in [0.717, 1.165) is 5.56 Å². The van der Waals surface area contributed by atoms with Crippen LogP contribution in [0.1, 0.15) is 24.8 Å². The lowest BCUT2D eigenvalue weighted by atomic mass is 9.93. The topological polar surface area (TPSA) is 46.6 Å². The Kier molecular flexibility index (Phi) is 5.37. The highest BCUT2D eigenvalue weighted by Gasteiger charge is 2.37. The quantitative estimate of drug-likeness (QED) is 0.634. The van der Waals surface area contributed by atoms with Crippen molar-refractivity contribution >= 4 is 11.9 Å². The summed E-state index contributed by atoms with van der Waals surface area (Å²) in [6.07, 6.45) is 7.69. The third kappa shape index (κ3) is 3.76. The minimum atomic E-state index is -0.547. The largest absolute Gasteiger partial charge is 0.445 e. The zero-order valence-corrected chi connectivity index (χ0v) is 12.4. The number of carbonyl (C=O) groups is 2. The number of likely N-dealkylation sites (tertiary alicyclic amines) is 1. The van der Waals surface area contributed by atoms with Crippen LogP contribution in [0.25, 0.3) is 0 Å². The van der Waals surface area contributed by atoms with Crippen LogP contribution in [0.2, 0.25) is 0 Å². The maximum Gasteiger partial charge on any atom is 0.411 e. The summed E-state index contributed by atoms with van der Waals surface area (Å²) in [6.45, 7) is 3.86. The first-order chi connectivity index (χ1) is 10.7. The van der Waals surface area contributed by atoms with Crippen molar-refractivity contribution < 1.29 is 14.3 Å². The van der Waals surface area contributed by atoms with Gasteiger partial charge in [-0.2, -0.15) is 0 Å². The van der Waals surface area contributed by atoms with E-state index in [2.05, 4.69) is 12.5 Å². The van der Waals surface area contributed by atoms with Gasteiger partial charge < -0.3 is 4.74 Å². The summed E-state index contributed by atoms with van der Waals surface area (Å²) in [6, 6.07) is 8.61. The van der Waals surface area contributed by atoms with Gasteiger partial charge in [0.05, 0.1) is 0 Å². The number of benzene rings is 1. The number of ketones is 1. The standard InChI is InChI=1S/C18H19NO3/c1-3-8-16-12-17(20)11-15(4-2)19(16)18(21)22-13-14-9-6-5-7-10-14/h2-3,5-7,9-10,15-16H,1,8,11-13H2/t15-,16+/m0/s1. The van der Waals surface area contributed by atoms with Crippen LogP contribution in [0.15, 0.2) is 43.0 Å². The fourth-order valence-electron chi connectivity index (χ4n) is 2.61. The van der Waals surface area contributed by atoms with Crippen LogP contribution in [-0.2, 0) is 16.1 Å². The van der Waals surface area contributed by atoms with E-state index in [4.69, 9.17) is 11.2 Å². The van der Waals surface area contributed by atoms with Crippen molar-refractivity contribution in [1.29, 1.82) is 0 Å². The molecule has 0 saturated carbocycles. The lowest BCUT2D eigenvalue weighted by molar-refractivity contribution is -0.123. The number of terminal acetylenes is 1. The number of amides is 1. The summed E-state index contributed by atoms with van der Waals surface area (Å²) in [4.78, 5) is 25.7. The van der Waals surface area contributed by atoms with Crippen molar-refractivity contribution in [2.24, 2.45) is 0 Å². The Labute approximate surface area is 130 Å². The van der Waals surface area contributed by atoms with Crippen LogP contribution in [0, 0.1) is 12.3 Å². The summed E-state index contributed by atoms with van der Waals surface area (Å²) in [5.41, 5.74) is 0.904. The Bertz CT molecular complexity index is 588. The molecule has 4 nitrogen and oxygen atoms in total. The van der Waals surface area contributed by atoms with E-state index in [9.17, 15) is 9.59 Å². The normalized spacial score (nSPS) is 21.0. The maximum absolute atomic E-state index is 12.4. The first kappa shape index (κ1) is 15.8. The average Bonchev–Trinajstić information content (AvgIpc) is 2.53. The Hall–Kier alpha value is -2.54. The van der Waals surface area contributed by atoms with E-state index in [1.54, 1.807) is 6.08 Å². The lowest BCUT2D eigenvalue weighted by Crippen LogP contribution is -2.52. The predicted octanol–water partition coefficient (Wildman–Crippen LogP) is 2.93. The number of ether oxygens (including phenoxy) is 1. The molecule has 114 valence electrons. The van der Waals surface area contributed by atoms with E-state index in [1.807, 2.05) is 30.3 Å². The van der Waals surface area contributed by atoms with E-state index >= 15 is 0 Å². The predicted molar refractivity (Wildman–Crippen MR) is 83.9 cm³/mol.